The van der Waals surface area contributed by atoms with Crippen molar-refractivity contribution in [2.75, 3.05) is 18.0 Å². The minimum Gasteiger partial charge on any atom is -0.355 e. The first kappa shape index (κ1) is 20.1. The molecule has 2 aromatic carbocycles. The fourth-order valence-corrected chi connectivity index (χ4v) is 5.94. The summed E-state index contributed by atoms with van der Waals surface area (Å²) in [6.07, 6.45) is 6.87. The number of rotatable bonds is 3. The summed E-state index contributed by atoms with van der Waals surface area (Å²) in [6.45, 7) is 1.89. The zero-order chi connectivity index (χ0) is 20.7. The first-order valence-electron chi connectivity index (χ1n) is 10.1. The van der Waals surface area contributed by atoms with Gasteiger partial charge < -0.3 is 10.6 Å². The third-order valence-electron chi connectivity index (χ3n) is 6.42. The Bertz CT molecular complexity index is 1070. The molecule has 154 valence electrons. The van der Waals surface area contributed by atoms with Gasteiger partial charge in [0, 0.05) is 24.0 Å². The number of halogens is 2. The van der Waals surface area contributed by atoms with E-state index in [4.69, 9.17) is 28.9 Å². The summed E-state index contributed by atoms with van der Waals surface area (Å²) in [5.74, 6) is 0.912. The molecule has 0 unspecified atom stereocenters. The quantitative estimate of drug-likeness (QED) is 0.541. The van der Waals surface area contributed by atoms with Crippen molar-refractivity contribution < 1.29 is 0 Å². The lowest BCUT2D eigenvalue weighted by atomic mass is 9.73. The molecule has 1 aromatic heterocycles. The van der Waals surface area contributed by atoms with Gasteiger partial charge in [-0.15, -0.1) is 0 Å². The van der Waals surface area contributed by atoms with Crippen molar-refractivity contribution in [2.45, 2.75) is 35.2 Å². The minimum absolute atomic E-state index is 0.128. The number of hydrogen-bond donors (Lipinski definition) is 1. The van der Waals surface area contributed by atoms with E-state index >= 15 is 0 Å². The Morgan fingerprint density at radius 3 is 2.53 bits per heavy atom. The highest BCUT2D eigenvalue weighted by Crippen LogP contribution is 2.50. The molecule has 0 saturated carbocycles. The maximum atomic E-state index is 6.69. The predicted molar refractivity (Wildman–Crippen MR) is 124 cm³/mol. The molecule has 4 nitrogen and oxygen atoms in total. The zero-order valence-electron chi connectivity index (χ0n) is 16.4. The third-order valence-corrected chi connectivity index (χ3v) is 8.33. The fraction of sp³-hybridized carbons (Fsp3) is 0.304. The molecule has 0 radical (unpaired) electrons. The molecule has 0 bridgehead atoms. The van der Waals surface area contributed by atoms with Crippen molar-refractivity contribution >= 4 is 40.8 Å². The maximum absolute atomic E-state index is 6.69. The summed E-state index contributed by atoms with van der Waals surface area (Å²) in [4.78, 5) is 12.4. The second-order valence-electron chi connectivity index (χ2n) is 8.07. The van der Waals surface area contributed by atoms with Crippen molar-refractivity contribution in [1.82, 2.24) is 9.97 Å². The highest BCUT2D eigenvalue weighted by Gasteiger charge is 2.45. The van der Waals surface area contributed by atoms with Crippen LogP contribution < -0.4 is 10.6 Å². The molecular weight excluding hydrogens is 435 g/mol. The summed E-state index contributed by atoms with van der Waals surface area (Å²) >= 11 is 13.8. The van der Waals surface area contributed by atoms with Crippen LogP contribution >= 0.6 is 35.0 Å². The first-order valence-corrected chi connectivity index (χ1v) is 11.7. The van der Waals surface area contributed by atoms with E-state index in [-0.39, 0.29) is 11.5 Å². The topological polar surface area (TPSA) is 55.0 Å². The van der Waals surface area contributed by atoms with E-state index in [0.717, 1.165) is 48.1 Å². The molecule has 3 aromatic rings. The SMILES string of the molecule is N[C@@H]1c2ccccc2CC12CCN(c1cnc(Sc3cccc(Cl)c3Cl)cn1)CC2. The van der Waals surface area contributed by atoms with Crippen LogP contribution in [0.25, 0.3) is 0 Å². The van der Waals surface area contributed by atoms with Gasteiger partial charge in [-0.3, -0.25) is 0 Å². The number of fused-ring (bicyclic) bond motifs is 1. The van der Waals surface area contributed by atoms with Gasteiger partial charge in [-0.05, 0) is 47.9 Å². The normalized spacial score (nSPS) is 19.8. The van der Waals surface area contributed by atoms with Gasteiger partial charge in [0.15, 0.2) is 0 Å². The van der Waals surface area contributed by atoms with Gasteiger partial charge >= 0.3 is 0 Å². The average molecular weight is 457 g/mol. The van der Waals surface area contributed by atoms with Gasteiger partial charge in [-0.2, -0.15) is 0 Å². The molecule has 1 fully saturated rings. The Hall–Kier alpha value is -1.79. The summed E-state index contributed by atoms with van der Waals surface area (Å²) in [7, 11) is 0. The molecule has 2 heterocycles. The molecule has 0 amide bonds. The smallest absolute Gasteiger partial charge is 0.147 e. The Morgan fingerprint density at radius 2 is 1.80 bits per heavy atom. The average Bonchev–Trinajstić information content (AvgIpc) is 3.04. The Morgan fingerprint density at radius 1 is 1.00 bits per heavy atom. The number of piperidine rings is 1. The lowest BCUT2D eigenvalue weighted by Crippen LogP contribution is -2.44. The van der Waals surface area contributed by atoms with E-state index in [2.05, 4.69) is 39.1 Å². The van der Waals surface area contributed by atoms with Crippen LogP contribution in [0.2, 0.25) is 10.0 Å². The number of aromatic nitrogens is 2. The molecule has 1 atom stereocenters. The van der Waals surface area contributed by atoms with Gasteiger partial charge in [-0.1, -0.05) is 65.3 Å². The Balaban J connectivity index is 1.26. The van der Waals surface area contributed by atoms with Crippen molar-refractivity contribution in [2.24, 2.45) is 11.1 Å². The lowest BCUT2D eigenvalue weighted by Gasteiger charge is -2.42. The summed E-state index contributed by atoms with van der Waals surface area (Å²) in [5, 5.41) is 1.88. The van der Waals surface area contributed by atoms with Crippen LogP contribution in [0.4, 0.5) is 5.82 Å². The van der Waals surface area contributed by atoms with Crippen molar-refractivity contribution in [3.05, 3.63) is 76.0 Å². The first-order chi connectivity index (χ1) is 14.6. The molecule has 7 heteroatoms. The van der Waals surface area contributed by atoms with E-state index in [0.29, 0.717) is 10.0 Å². The van der Waals surface area contributed by atoms with Gasteiger partial charge in [0.05, 0.1) is 22.4 Å². The van der Waals surface area contributed by atoms with Gasteiger partial charge in [-0.25, -0.2) is 9.97 Å². The molecule has 2 N–H and O–H groups in total. The molecule has 1 aliphatic heterocycles. The number of hydrogen-bond acceptors (Lipinski definition) is 5. The van der Waals surface area contributed by atoms with Crippen molar-refractivity contribution in [3.8, 4) is 0 Å². The van der Waals surface area contributed by atoms with E-state index in [9.17, 15) is 0 Å². The number of anilines is 1. The van der Waals surface area contributed by atoms with Crippen LogP contribution in [-0.4, -0.2) is 23.1 Å². The molecule has 2 aliphatic rings. The molecule has 1 spiro atoms. The van der Waals surface area contributed by atoms with Crippen molar-refractivity contribution in [3.63, 3.8) is 0 Å². The zero-order valence-corrected chi connectivity index (χ0v) is 18.7. The van der Waals surface area contributed by atoms with E-state index < -0.39 is 0 Å². The fourth-order valence-electron chi connectivity index (χ4n) is 4.69. The summed E-state index contributed by atoms with van der Waals surface area (Å²) < 4.78 is 0. The lowest BCUT2D eigenvalue weighted by molar-refractivity contribution is 0.187. The van der Waals surface area contributed by atoms with E-state index in [1.807, 2.05) is 18.3 Å². The maximum Gasteiger partial charge on any atom is 0.147 e. The van der Waals surface area contributed by atoms with Gasteiger partial charge in [0.2, 0.25) is 0 Å². The van der Waals surface area contributed by atoms with E-state index in [1.54, 1.807) is 12.3 Å². The van der Waals surface area contributed by atoms with Crippen molar-refractivity contribution in [1.29, 1.82) is 0 Å². The second-order valence-corrected chi connectivity index (χ2v) is 9.92. The Kier molecular flexibility index (Phi) is 5.40. The van der Waals surface area contributed by atoms with Gasteiger partial charge in [0.1, 0.15) is 10.8 Å². The van der Waals surface area contributed by atoms with Crippen LogP contribution in [0.3, 0.4) is 0 Å². The van der Waals surface area contributed by atoms with Crippen LogP contribution in [0, 0.1) is 5.41 Å². The monoisotopic (exact) mass is 456 g/mol. The standard InChI is InChI=1S/C23H22Cl2N4S/c24-17-6-3-7-18(21(17)25)30-20-14-27-19(13-28-20)29-10-8-23(9-11-29)12-15-4-1-2-5-16(15)22(23)26/h1-7,13-14,22H,8-12,26H2/t22-/m1/s1. The van der Waals surface area contributed by atoms with Gasteiger partial charge in [0.25, 0.3) is 0 Å². The van der Waals surface area contributed by atoms with Crippen LogP contribution in [0.1, 0.15) is 30.0 Å². The summed E-state index contributed by atoms with van der Waals surface area (Å²) in [6, 6.07) is 14.3. The second kappa shape index (κ2) is 8.04. The number of nitrogens with zero attached hydrogens (tertiary/aromatic N) is 3. The molecule has 5 rings (SSSR count). The predicted octanol–water partition coefficient (Wildman–Crippen LogP) is 5.78. The van der Waals surface area contributed by atoms with Crippen LogP contribution in [-0.2, 0) is 6.42 Å². The molecule has 1 aliphatic carbocycles. The molecule has 1 saturated heterocycles. The Labute approximate surface area is 190 Å². The molecular formula is C23H22Cl2N4S. The third kappa shape index (κ3) is 3.58. The number of nitrogens with two attached hydrogens (primary N) is 1. The van der Waals surface area contributed by atoms with Crippen LogP contribution in [0.5, 0.6) is 0 Å². The van der Waals surface area contributed by atoms with E-state index in [1.165, 1.54) is 22.9 Å². The highest BCUT2D eigenvalue weighted by atomic mass is 35.5. The van der Waals surface area contributed by atoms with Crippen LogP contribution in [0.15, 0.2) is 64.8 Å². The minimum atomic E-state index is 0.128. The largest absolute Gasteiger partial charge is 0.355 e. The molecule has 30 heavy (non-hydrogen) atoms. The summed E-state index contributed by atoms with van der Waals surface area (Å²) in [5.41, 5.74) is 9.60. The highest BCUT2D eigenvalue weighted by molar-refractivity contribution is 7.99. The number of benzene rings is 2.